The Morgan fingerprint density at radius 3 is 2.52 bits per heavy atom. The van der Waals surface area contributed by atoms with Crippen LogP contribution in [0.5, 0.6) is 0 Å². The third-order valence-corrected chi connectivity index (χ3v) is 8.80. The van der Waals surface area contributed by atoms with Crippen LogP contribution in [0, 0.1) is 34.5 Å². The second kappa shape index (κ2) is 5.26. The average molecular weight is 346 g/mol. The Morgan fingerprint density at radius 2 is 1.84 bits per heavy atom. The van der Waals surface area contributed by atoms with Gasteiger partial charge >= 0.3 is 0 Å². The standard InChI is InChI=1S/C21H30O4/c1-12(22)21(25)9-6-16-14-11-18(24)17-10-13(23)4-7-19(17,2)15(14)5-8-20(16,21)3/h4,7,14-18,24-25H,5-6,8-11H2,1-3H3/t14-,15+,16+,17?,18+,19-,20+,21+/m1/s1. The van der Waals surface area contributed by atoms with Crippen molar-refractivity contribution in [3.8, 4) is 0 Å². The Kier molecular flexibility index (Phi) is 3.66. The smallest absolute Gasteiger partial charge is 0.161 e. The van der Waals surface area contributed by atoms with Gasteiger partial charge in [0.15, 0.2) is 11.6 Å². The molecule has 0 saturated heterocycles. The summed E-state index contributed by atoms with van der Waals surface area (Å²) in [5.74, 6) is 0.994. The van der Waals surface area contributed by atoms with Crippen LogP contribution >= 0.6 is 0 Å². The van der Waals surface area contributed by atoms with Gasteiger partial charge < -0.3 is 10.2 Å². The molecule has 3 fully saturated rings. The van der Waals surface area contributed by atoms with Crippen LogP contribution in [0.4, 0.5) is 0 Å². The van der Waals surface area contributed by atoms with Crippen LogP contribution in [-0.4, -0.2) is 33.5 Å². The number of hydrogen-bond donors (Lipinski definition) is 2. The zero-order valence-electron chi connectivity index (χ0n) is 15.5. The normalized spacial score (nSPS) is 54.6. The van der Waals surface area contributed by atoms with Gasteiger partial charge in [-0.1, -0.05) is 19.9 Å². The topological polar surface area (TPSA) is 74.6 Å². The van der Waals surface area contributed by atoms with Crippen molar-refractivity contribution >= 4 is 11.6 Å². The van der Waals surface area contributed by atoms with Crippen molar-refractivity contribution in [2.24, 2.45) is 34.5 Å². The fourth-order valence-corrected chi connectivity index (χ4v) is 7.28. The Hall–Kier alpha value is -1.00. The maximum atomic E-state index is 12.2. The minimum absolute atomic E-state index is 0.00343. The summed E-state index contributed by atoms with van der Waals surface area (Å²) in [6, 6.07) is 0. The number of ketones is 2. The van der Waals surface area contributed by atoms with Crippen LogP contribution in [0.3, 0.4) is 0 Å². The molecule has 3 saturated carbocycles. The monoisotopic (exact) mass is 346 g/mol. The van der Waals surface area contributed by atoms with Crippen molar-refractivity contribution in [1.82, 2.24) is 0 Å². The van der Waals surface area contributed by atoms with Gasteiger partial charge in [0.1, 0.15) is 5.60 Å². The number of Topliss-reactive ketones (excluding diaryl/α,β-unsaturated/α-hetero) is 1. The largest absolute Gasteiger partial charge is 0.393 e. The van der Waals surface area contributed by atoms with E-state index in [1.165, 1.54) is 6.92 Å². The second-order valence-electron chi connectivity index (χ2n) is 9.57. The van der Waals surface area contributed by atoms with Crippen molar-refractivity contribution in [3.63, 3.8) is 0 Å². The first-order valence-electron chi connectivity index (χ1n) is 9.77. The molecule has 8 atom stereocenters. The molecule has 0 heterocycles. The summed E-state index contributed by atoms with van der Waals surface area (Å²) in [4.78, 5) is 24.1. The molecule has 4 aliphatic carbocycles. The maximum Gasteiger partial charge on any atom is 0.161 e. The maximum absolute atomic E-state index is 12.2. The number of carbonyl (C=O) groups is 2. The molecule has 0 aromatic heterocycles. The predicted molar refractivity (Wildman–Crippen MR) is 93.7 cm³/mol. The highest BCUT2D eigenvalue weighted by Crippen LogP contribution is 2.67. The van der Waals surface area contributed by atoms with Gasteiger partial charge in [-0.05, 0) is 68.3 Å². The second-order valence-corrected chi connectivity index (χ2v) is 9.57. The summed E-state index contributed by atoms with van der Waals surface area (Å²) in [6.45, 7) is 5.81. The predicted octanol–water partition coefficient (Wildman–Crippen LogP) is 2.67. The Balaban J connectivity index is 1.73. The van der Waals surface area contributed by atoms with Crippen LogP contribution in [0.1, 0.15) is 59.3 Å². The van der Waals surface area contributed by atoms with Gasteiger partial charge in [0.2, 0.25) is 0 Å². The van der Waals surface area contributed by atoms with Gasteiger partial charge in [-0.2, -0.15) is 0 Å². The molecule has 138 valence electrons. The van der Waals surface area contributed by atoms with Crippen LogP contribution in [0.25, 0.3) is 0 Å². The third-order valence-electron chi connectivity index (χ3n) is 8.80. The Bertz CT molecular complexity index is 654. The Morgan fingerprint density at radius 1 is 1.16 bits per heavy atom. The van der Waals surface area contributed by atoms with Crippen molar-refractivity contribution < 1.29 is 19.8 Å². The summed E-state index contributed by atoms with van der Waals surface area (Å²) >= 11 is 0. The van der Waals surface area contributed by atoms with Gasteiger partial charge in [0.25, 0.3) is 0 Å². The first-order chi connectivity index (χ1) is 11.6. The molecule has 4 rings (SSSR count). The molecule has 0 spiro atoms. The number of carbonyl (C=O) groups excluding carboxylic acids is 2. The molecule has 0 aromatic rings. The van der Waals surface area contributed by atoms with Crippen molar-refractivity contribution in [1.29, 1.82) is 0 Å². The lowest BCUT2D eigenvalue weighted by Crippen LogP contribution is -2.60. The number of allylic oxidation sites excluding steroid dienone is 2. The molecule has 0 radical (unpaired) electrons. The average Bonchev–Trinajstić information content (AvgIpc) is 2.83. The highest BCUT2D eigenvalue weighted by molar-refractivity contribution is 5.91. The van der Waals surface area contributed by atoms with E-state index in [4.69, 9.17) is 0 Å². The molecule has 0 bridgehead atoms. The lowest BCUT2D eigenvalue weighted by molar-refractivity contribution is -0.172. The minimum atomic E-state index is -1.22. The first kappa shape index (κ1) is 17.4. The van der Waals surface area contributed by atoms with Crippen LogP contribution in [-0.2, 0) is 9.59 Å². The lowest BCUT2D eigenvalue weighted by atomic mass is 9.45. The molecule has 4 heteroatoms. The summed E-state index contributed by atoms with van der Waals surface area (Å²) in [5, 5.41) is 22.0. The zero-order valence-corrected chi connectivity index (χ0v) is 15.5. The van der Waals surface area contributed by atoms with E-state index in [-0.39, 0.29) is 28.8 Å². The van der Waals surface area contributed by atoms with Gasteiger partial charge in [-0.3, -0.25) is 9.59 Å². The summed E-state index contributed by atoms with van der Waals surface area (Å²) in [5.41, 5.74) is -1.77. The molecule has 1 unspecified atom stereocenters. The third kappa shape index (κ3) is 2.07. The molecule has 4 nitrogen and oxygen atoms in total. The van der Waals surface area contributed by atoms with E-state index in [2.05, 4.69) is 19.9 Å². The molecule has 0 amide bonds. The lowest BCUT2D eigenvalue weighted by Gasteiger charge is -2.60. The van der Waals surface area contributed by atoms with Crippen molar-refractivity contribution in [3.05, 3.63) is 12.2 Å². The van der Waals surface area contributed by atoms with E-state index < -0.39 is 17.1 Å². The number of aliphatic hydroxyl groups is 2. The Labute approximate surface area is 149 Å². The van der Waals surface area contributed by atoms with E-state index in [1.54, 1.807) is 6.08 Å². The molecular weight excluding hydrogens is 316 g/mol. The molecular formula is C21H30O4. The first-order valence-corrected chi connectivity index (χ1v) is 9.77. The van der Waals surface area contributed by atoms with Gasteiger partial charge in [-0.25, -0.2) is 0 Å². The SMILES string of the molecule is CC(=O)[C@@]1(O)CC[C@H]2[C@@H]3C[C@H](O)C4CC(=O)C=C[C@]4(C)[C@H]3CC[C@@]21C. The van der Waals surface area contributed by atoms with E-state index in [0.29, 0.717) is 31.1 Å². The van der Waals surface area contributed by atoms with Crippen LogP contribution < -0.4 is 0 Å². The van der Waals surface area contributed by atoms with E-state index >= 15 is 0 Å². The summed E-state index contributed by atoms with van der Waals surface area (Å²) < 4.78 is 0. The summed E-state index contributed by atoms with van der Waals surface area (Å²) in [6.07, 6.45) is 7.60. The van der Waals surface area contributed by atoms with Crippen molar-refractivity contribution in [2.75, 3.05) is 0 Å². The fraction of sp³-hybridized carbons (Fsp3) is 0.810. The highest BCUT2D eigenvalue weighted by atomic mass is 16.3. The van der Waals surface area contributed by atoms with Crippen LogP contribution in [0.15, 0.2) is 12.2 Å². The molecule has 0 aromatic carbocycles. The quantitative estimate of drug-likeness (QED) is 0.765. The molecule has 0 aliphatic heterocycles. The van der Waals surface area contributed by atoms with E-state index in [9.17, 15) is 19.8 Å². The molecule has 25 heavy (non-hydrogen) atoms. The fourth-order valence-electron chi connectivity index (χ4n) is 7.28. The van der Waals surface area contributed by atoms with Gasteiger partial charge in [0, 0.05) is 17.8 Å². The number of hydrogen-bond acceptors (Lipinski definition) is 4. The van der Waals surface area contributed by atoms with Gasteiger partial charge in [-0.15, -0.1) is 0 Å². The minimum Gasteiger partial charge on any atom is -0.393 e. The number of aliphatic hydroxyl groups excluding tert-OH is 1. The highest BCUT2D eigenvalue weighted by Gasteiger charge is 2.66. The zero-order chi connectivity index (χ0) is 18.2. The summed E-state index contributed by atoms with van der Waals surface area (Å²) in [7, 11) is 0. The van der Waals surface area contributed by atoms with E-state index in [1.807, 2.05) is 0 Å². The number of fused-ring (bicyclic) bond motifs is 5. The van der Waals surface area contributed by atoms with Gasteiger partial charge in [0.05, 0.1) is 6.10 Å². The van der Waals surface area contributed by atoms with Crippen molar-refractivity contribution in [2.45, 2.75) is 71.0 Å². The van der Waals surface area contributed by atoms with E-state index in [0.717, 1.165) is 19.3 Å². The van der Waals surface area contributed by atoms with Crippen LogP contribution in [0.2, 0.25) is 0 Å². The number of rotatable bonds is 1. The molecule has 2 N–H and O–H groups in total. The molecule has 4 aliphatic rings.